The van der Waals surface area contributed by atoms with Crippen molar-refractivity contribution in [2.75, 3.05) is 18.0 Å². The van der Waals surface area contributed by atoms with Gasteiger partial charge in [0.25, 0.3) is 5.91 Å². The molecule has 0 radical (unpaired) electrons. The number of nitrogens with one attached hydrogen (secondary N) is 1. The van der Waals surface area contributed by atoms with E-state index in [9.17, 15) is 4.79 Å². The molecule has 1 aliphatic rings. The number of piperidine rings is 1. The lowest BCUT2D eigenvalue weighted by molar-refractivity contribution is -0.127. The summed E-state index contributed by atoms with van der Waals surface area (Å²) in [5.41, 5.74) is 3.54. The van der Waals surface area contributed by atoms with Gasteiger partial charge in [-0.2, -0.15) is 0 Å². The maximum atomic E-state index is 12.5. The molecule has 2 aromatic rings. The quantitative estimate of drug-likeness (QED) is 0.777. The summed E-state index contributed by atoms with van der Waals surface area (Å²) >= 11 is 0. The van der Waals surface area contributed by atoms with Crippen LogP contribution in [-0.4, -0.2) is 25.1 Å². The van der Waals surface area contributed by atoms with E-state index in [0.717, 1.165) is 24.6 Å². The number of carbonyl (C=O) groups is 1. The maximum Gasteiger partial charge on any atom is 0.261 e. The number of benzene rings is 2. The highest BCUT2D eigenvalue weighted by Gasteiger charge is 2.19. The van der Waals surface area contributed by atoms with Gasteiger partial charge >= 0.3 is 0 Å². The predicted octanol–water partition coefficient (Wildman–Crippen LogP) is 4.88. The molecule has 0 saturated carbocycles. The third-order valence-electron chi connectivity index (χ3n) is 5.48. The average Bonchev–Trinajstić information content (AvgIpc) is 2.69. The molecule has 4 heteroatoms. The zero-order chi connectivity index (χ0) is 20.1. The SMILES string of the molecule is Cc1ccc(O[C@H](C)C(=O)N[C@H](C)c2ccc(N3CCC[C@@H](C)C3)cc2)cc1. The van der Waals surface area contributed by atoms with Crippen molar-refractivity contribution in [3.8, 4) is 5.75 Å². The number of hydrogen-bond donors (Lipinski definition) is 1. The van der Waals surface area contributed by atoms with Gasteiger partial charge in [-0.1, -0.05) is 36.8 Å². The van der Waals surface area contributed by atoms with Gasteiger partial charge in [0.05, 0.1) is 6.04 Å². The van der Waals surface area contributed by atoms with E-state index < -0.39 is 6.10 Å². The van der Waals surface area contributed by atoms with Crippen LogP contribution >= 0.6 is 0 Å². The molecule has 1 fully saturated rings. The number of anilines is 1. The Hall–Kier alpha value is -2.49. The first-order valence-corrected chi connectivity index (χ1v) is 10.3. The predicted molar refractivity (Wildman–Crippen MR) is 115 cm³/mol. The van der Waals surface area contributed by atoms with Crippen molar-refractivity contribution >= 4 is 11.6 Å². The zero-order valence-corrected chi connectivity index (χ0v) is 17.4. The van der Waals surface area contributed by atoms with Crippen LogP contribution in [0.25, 0.3) is 0 Å². The molecular formula is C24H32N2O2. The fraction of sp³-hybridized carbons (Fsp3) is 0.458. The van der Waals surface area contributed by atoms with Gasteiger partial charge < -0.3 is 15.0 Å². The summed E-state index contributed by atoms with van der Waals surface area (Å²) in [6, 6.07) is 16.2. The van der Waals surface area contributed by atoms with E-state index in [-0.39, 0.29) is 11.9 Å². The standard InChI is InChI=1S/C24H32N2O2/c1-17-7-13-23(14-8-17)28-20(4)24(27)25-19(3)21-9-11-22(12-10-21)26-15-5-6-18(2)16-26/h7-14,18-20H,5-6,15-16H2,1-4H3,(H,25,27)/t18-,19-,20-/m1/s1. The zero-order valence-electron chi connectivity index (χ0n) is 17.4. The highest BCUT2D eigenvalue weighted by atomic mass is 16.5. The lowest BCUT2D eigenvalue weighted by Gasteiger charge is -2.33. The Bertz CT molecular complexity index is 770. The fourth-order valence-corrected chi connectivity index (χ4v) is 3.69. The Balaban J connectivity index is 1.55. The minimum Gasteiger partial charge on any atom is -0.481 e. The highest BCUT2D eigenvalue weighted by Crippen LogP contribution is 2.24. The van der Waals surface area contributed by atoms with E-state index in [1.54, 1.807) is 6.92 Å². The van der Waals surface area contributed by atoms with E-state index in [1.165, 1.54) is 24.1 Å². The molecule has 3 rings (SSSR count). The van der Waals surface area contributed by atoms with Crippen molar-refractivity contribution in [2.24, 2.45) is 5.92 Å². The molecule has 1 N–H and O–H groups in total. The lowest BCUT2D eigenvalue weighted by Crippen LogP contribution is -2.37. The van der Waals surface area contributed by atoms with Crippen LogP contribution in [0.5, 0.6) is 5.75 Å². The van der Waals surface area contributed by atoms with Crippen LogP contribution in [0.2, 0.25) is 0 Å². The topological polar surface area (TPSA) is 41.6 Å². The maximum absolute atomic E-state index is 12.5. The van der Waals surface area contributed by atoms with E-state index in [1.807, 2.05) is 38.1 Å². The Labute approximate surface area is 168 Å². The van der Waals surface area contributed by atoms with E-state index in [4.69, 9.17) is 4.74 Å². The number of rotatable bonds is 6. The third-order valence-corrected chi connectivity index (χ3v) is 5.48. The second-order valence-corrected chi connectivity index (χ2v) is 8.09. The third kappa shape index (κ3) is 5.28. The van der Waals surface area contributed by atoms with E-state index in [2.05, 4.69) is 41.4 Å². The van der Waals surface area contributed by atoms with Gasteiger partial charge in [-0.3, -0.25) is 4.79 Å². The Morgan fingerprint density at radius 2 is 1.79 bits per heavy atom. The largest absolute Gasteiger partial charge is 0.481 e. The van der Waals surface area contributed by atoms with Crippen molar-refractivity contribution in [2.45, 2.75) is 52.7 Å². The summed E-state index contributed by atoms with van der Waals surface area (Å²) in [5.74, 6) is 1.35. The second-order valence-electron chi connectivity index (χ2n) is 8.09. The Morgan fingerprint density at radius 3 is 2.43 bits per heavy atom. The monoisotopic (exact) mass is 380 g/mol. The van der Waals surface area contributed by atoms with Crippen LogP contribution in [0.4, 0.5) is 5.69 Å². The summed E-state index contributed by atoms with van der Waals surface area (Å²) < 4.78 is 5.76. The van der Waals surface area contributed by atoms with Gasteiger partial charge in [0.2, 0.25) is 0 Å². The van der Waals surface area contributed by atoms with Gasteiger partial charge in [-0.15, -0.1) is 0 Å². The van der Waals surface area contributed by atoms with Gasteiger partial charge in [0.15, 0.2) is 6.10 Å². The van der Waals surface area contributed by atoms with Crippen LogP contribution in [-0.2, 0) is 4.79 Å². The van der Waals surface area contributed by atoms with Gasteiger partial charge in [0.1, 0.15) is 5.75 Å². The van der Waals surface area contributed by atoms with Crippen molar-refractivity contribution in [1.82, 2.24) is 5.32 Å². The van der Waals surface area contributed by atoms with Crippen molar-refractivity contribution in [1.29, 1.82) is 0 Å². The summed E-state index contributed by atoms with van der Waals surface area (Å²) in [7, 11) is 0. The molecule has 0 spiro atoms. The summed E-state index contributed by atoms with van der Waals surface area (Å²) in [5, 5.41) is 3.06. The van der Waals surface area contributed by atoms with Crippen LogP contribution in [0.15, 0.2) is 48.5 Å². The molecule has 1 aliphatic heterocycles. The number of nitrogens with zero attached hydrogens (tertiary/aromatic N) is 1. The summed E-state index contributed by atoms with van der Waals surface area (Å²) in [4.78, 5) is 15.0. The minimum atomic E-state index is -0.542. The molecule has 0 bridgehead atoms. The van der Waals surface area contributed by atoms with Crippen LogP contribution in [0, 0.1) is 12.8 Å². The first-order chi connectivity index (χ1) is 13.4. The Morgan fingerprint density at radius 1 is 1.11 bits per heavy atom. The number of ether oxygens (including phenoxy) is 1. The second kappa shape index (κ2) is 9.13. The molecule has 1 amide bonds. The van der Waals surface area contributed by atoms with Gasteiger partial charge in [-0.25, -0.2) is 0 Å². The van der Waals surface area contributed by atoms with E-state index >= 15 is 0 Å². The van der Waals surface area contributed by atoms with Crippen molar-refractivity contribution in [3.05, 3.63) is 59.7 Å². The molecule has 2 aromatic carbocycles. The average molecular weight is 381 g/mol. The fourth-order valence-electron chi connectivity index (χ4n) is 3.69. The molecule has 1 heterocycles. The highest BCUT2D eigenvalue weighted by molar-refractivity contribution is 5.81. The number of amides is 1. The van der Waals surface area contributed by atoms with Gasteiger partial charge in [0, 0.05) is 18.8 Å². The van der Waals surface area contributed by atoms with E-state index in [0.29, 0.717) is 5.75 Å². The summed E-state index contributed by atoms with van der Waals surface area (Å²) in [6.45, 7) is 10.4. The normalized spacial score (nSPS) is 19.0. The number of hydrogen-bond acceptors (Lipinski definition) is 3. The molecule has 28 heavy (non-hydrogen) atoms. The molecule has 0 unspecified atom stereocenters. The first-order valence-electron chi connectivity index (χ1n) is 10.3. The smallest absolute Gasteiger partial charge is 0.261 e. The molecule has 4 nitrogen and oxygen atoms in total. The van der Waals surface area contributed by atoms with Crippen LogP contribution in [0.1, 0.15) is 50.8 Å². The van der Waals surface area contributed by atoms with Crippen molar-refractivity contribution in [3.63, 3.8) is 0 Å². The molecule has 3 atom stereocenters. The van der Waals surface area contributed by atoms with Crippen LogP contribution < -0.4 is 15.0 Å². The molecule has 0 aromatic heterocycles. The Kier molecular flexibility index (Phi) is 6.61. The molecule has 1 saturated heterocycles. The summed E-state index contributed by atoms with van der Waals surface area (Å²) in [6.07, 6.45) is 2.04. The first kappa shape index (κ1) is 20.2. The van der Waals surface area contributed by atoms with Crippen molar-refractivity contribution < 1.29 is 9.53 Å². The number of aryl methyl sites for hydroxylation is 1. The van der Waals surface area contributed by atoms with Crippen LogP contribution in [0.3, 0.4) is 0 Å². The molecule has 150 valence electrons. The minimum absolute atomic E-state index is 0.0640. The lowest BCUT2D eigenvalue weighted by atomic mass is 9.99. The number of carbonyl (C=O) groups excluding carboxylic acids is 1. The molecule has 0 aliphatic carbocycles. The molecular weight excluding hydrogens is 348 g/mol. The van der Waals surface area contributed by atoms with Gasteiger partial charge in [-0.05, 0) is 69.4 Å².